The summed E-state index contributed by atoms with van der Waals surface area (Å²) in [5.41, 5.74) is -0.683. The van der Waals surface area contributed by atoms with Crippen LogP contribution in [-0.2, 0) is 24.7 Å². The van der Waals surface area contributed by atoms with Crippen LogP contribution in [-0.4, -0.2) is 92.2 Å². The number of nitrogens with zero attached hydrogens (tertiary/aromatic N) is 3. The molecule has 1 atom stereocenters. The van der Waals surface area contributed by atoms with Crippen LogP contribution in [0.1, 0.15) is 11.1 Å². The van der Waals surface area contributed by atoms with E-state index in [0.29, 0.717) is 68.8 Å². The van der Waals surface area contributed by atoms with Gasteiger partial charge in [-0.3, -0.25) is 19.3 Å². The highest BCUT2D eigenvalue weighted by Crippen LogP contribution is 2.53. The fraction of sp³-hybridized carbons (Fsp3) is 0.370. The number of carbonyl (C=O) groups excluding carboxylic acids is 3. The van der Waals surface area contributed by atoms with Gasteiger partial charge in [-0.25, -0.2) is 0 Å². The fourth-order valence-electron chi connectivity index (χ4n) is 5.67. The maximum absolute atomic E-state index is 14.1. The number of aliphatic hydroxyl groups is 1. The van der Waals surface area contributed by atoms with Crippen molar-refractivity contribution in [3.63, 3.8) is 0 Å². The Morgan fingerprint density at radius 3 is 2.46 bits per heavy atom. The number of hydrogen-bond acceptors (Lipinski definition) is 8. The van der Waals surface area contributed by atoms with Crippen LogP contribution in [0, 0.1) is 0 Å². The molecule has 2 aromatic rings. The average Bonchev–Trinajstić information content (AvgIpc) is 3.30. The van der Waals surface area contributed by atoms with Gasteiger partial charge in [0.1, 0.15) is 19.0 Å². The van der Waals surface area contributed by atoms with Crippen molar-refractivity contribution >= 4 is 29.0 Å². The summed E-state index contributed by atoms with van der Waals surface area (Å²) < 4.78 is 16.6. The SMILES string of the molecule is CN1C(=O)[C@]2(C(=C(O)c3ccc4c(c3)OCCO4)C(=O)C(=O)N2CCN2CCOCC2)c2ccccc21. The van der Waals surface area contributed by atoms with Gasteiger partial charge in [-0.1, -0.05) is 18.2 Å². The molecule has 2 amide bonds. The second kappa shape index (κ2) is 8.89. The van der Waals surface area contributed by atoms with E-state index >= 15 is 0 Å². The maximum atomic E-state index is 14.1. The molecular formula is C27H27N3O7. The number of likely N-dealkylation sites (N-methyl/N-ethyl adjacent to an activating group) is 1. The van der Waals surface area contributed by atoms with Gasteiger partial charge in [0.25, 0.3) is 17.6 Å². The molecule has 0 unspecified atom stereocenters. The summed E-state index contributed by atoms with van der Waals surface area (Å²) in [6.07, 6.45) is 0. The summed E-state index contributed by atoms with van der Waals surface area (Å²) in [4.78, 5) is 46.2. The Morgan fingerprint density at radius 1 is 0.946 bits per heavy atom. The monoisotopic (exact) mass is 505 g/mol. The van der Waals surface area contributed by atoms with Gasteiger partial charge in [0, 0.05) is 50.0 Å². The number of aliphatic hydroxyl groups excluding tert-OH is 1. The van der Waals surface area contributed by atoms with Crippen LogP contribution >= 0.6 is 0 Å². The number of fused-ring (bicyclic) bond motifs is 3. The largest absolute Gasteiger partial charge is 0.507 e. The van der Waals surface area contributed by atoms with Gasteiger partial charge in [-0.15, -0.1) is 0 Å². The number of likely N-dealkylation sites (tertiary alicyclic amines) is 1. The minimum absolute atomic E-state index is 0.135. The molecule has 10 nitrogen and oxygen atoms in total. The molecule has 10 heteroatoms. The van der Waals surface area contributed by atoms with E-state index in [0.717, 1.165) is 0 Å². The Morgan fingerprint density at radius 2 is 1.68 bits per heavy atom. The van der Waals surface area contributed by atoms with Crippen molar-refractivity contribution in [3.8, 4) is 11.5 Å². The molecule has 4 heterocycles. The third-order valence-electron chi connectivity index (χ3n) is 7.50. The number of anilines is 1. The first-order valence-corrected chi connectivity index (χ1v) is 12.3. The lowest BCUT2D eigenvalue weighted by Crippen LogP contribution is -2.53. The Balaban J connectivity index is 1.52. The Hall–Kier alpha value is -3.89. The van der Waals surface area contributed by atoms with Crippen molar-refractivity contribution in [2.24, 2.45) is 0 Å². The van der Waals surface area contributed by atoms with Crippen LogP contribution in [0.5, 0.6) is 11.5 Å². The van der Waals surface area contributed by atoms with Crippen molar-refractivity contribution in [3.05, 3.63) is 59.2 Å². The number of morpholine rings is 1. The number of Topliss-reactive ketones (excluding diaryl/α,β-unsaturated/α-hetero) is 1. The number of rotatable bonds is 4. The van der Waals surface area contributed by atoms with Gasteiger partial charge in [0.05, 0.1) is 18.8 Å². The van der Waals surface area contributed by atoms with E-state index in [1.165, 1.54) is 9.80 Å². The molecule has 2 fully saturated rings. The molecule has 4 aliphatic rings. The molecule has 4 aliphatic heterocycles. The third-order valence-corrected chi connectivity index (χ3v) is 7.50. The second-order valence-corrected chi connectivity index (χ2v) is 9.41. The van der Waals surface area contributed by atoms with Crippen LogP contribution in [0.3, 0.4) is 0 Å². The number of hydrogen-bond donors (Lipinski definition) is 1. The molecule has 1 spiro atoms. The minimum atomic E-state index is -1.77. The normalized spacial score (nSPS) is 24.7. The lowest BCUT2D eigenvalue weighted by atomic mass is 9.82. The van der Waals surface area contributed by atoms with Gasteiger partial charge in [0.15, 0.2) is 17.0 Å². The van der Waals surface area contributed by atoms with E-state index in [1.807, 2.05) is 0 Å². The minimum Gasteiger partial charge on any atom is -0.507 e. The summed E-state index contributed by atoms with van der Waals surface area (Å²) in [7, 11) is 1.61. The van der Waals surface area contributed by atoms with Crippen molar-refractivity contribution in [1.82, 2.24) is 9.80 Å². The van der Waals surface area contributed by atoms with Gasteiger partial charge >= 0.3 is 0 Å². The lowest BCUT2D eigenvalue weighted by Gasteiger charge is -2.36. The fourth-order valence-corrected chi connectivity index (χ4v) is 5.67. The Labute approximate surface area is 213 Å². The van der Waals surface area contributed by atoms with Crippen LogP contribution in [0.2, 0.25) is 0 Å². The molecule has 192 valence electrons. The highest BCUT2D eigenvalue weighted by Gasteiger charge is 2.66. The topological polar surface area (TPSA) is 109 Å². The van der Waals surface area contributed by atoms with E-state index in [9.17, 15) is 19.5 Å². The molecule has 37 heavy (non-hydrogen) atoms. The molecule has 2 aromatic carbocycles. The first-order valence-electron chi connectivity index (χ1n) is 12.3. The van der Waals surface area contributed by atoms with Crippen LogP contribution in [0.15, 0.2) is 48.0 Å². The van der Waals surface area contributed by atoms with Crippen molar-refractivity contribution in [1.29, 1.82) is 0 Å². The molecule has 0 aromatic heterocycles. The van der Waals surface area contributed by atoms with E-state index in [1.54, 1.807) is 49.5 Å². The average molecular weight is 506 g/mol. The number of amides is 2. The molecule has 0 aliphatic carbocycles. The Kier molecular flexibility index (Phi) is 5.65. The van der Waals surface area contributed by atoms with Gasteiger partial charge in [0.2, 0.25) is 0 Å². The second-order valence-electron chi connectivity index (χ2n) is 9.41. The van der Waals surface area contributed by atoms with Gasteiger partial charge < -0.3 is 29.1 Å². The molecule has 6 rings (SSSR count). The number of ketones is 1. The molecule has 0 saturated carbocycles. The summed E-state index contributed by atoms with van der Waals surface area (Å²) in [5, 5.41) is 11.6. The van der Waals surface area contributed by atoms with Crippen molar-refractivity contribution < 1.29 is 33.7 Å². The predicted octanol–water partition coefficient (Wildman–Crippen LogP) is 1.34. The highest BCUT2D eigenvalue weighted by molar-refractivity contribution is 6.50. The number of para-hydroxylation sites is 1. The third kappa shape index (κ3) is 3.43. The molecule has 0 radical (unpaired) electrons. The molecular weight excluding hydrogens is 478 g/mol. The standard InChI is InChI=1S/C27H27N3O7/c1-28-19-5-3-2-4-18(19)27(26(28)34)22(23(31)17-6-7-20-21(16-17)37-15-14-36-20)24(32)25(33)30(27)9-8-29-10-12-35-13-11-29/h2-7,16,31H,8-15H2,1H3/t27-/m1/s1. The molecule has 2 saturated heterocycles. The zero-order chi connectivity index (χ0) is 25.7. The summed E-state index contributed by atoms with van der Waals surface area (Å²) in [6.45, 7) is 3.90. The van der Waals surface area contributed by atoms with Gasteiger partial charge in [-0.05, 0) is 24.3 Å². The van der Waals surface area contributed by atoms with E-state index in [4.69, 9.17) is 14.2 Å². The predicted molar refractivity (Wildman–Crippen MR) is 132 cm³/mol. The zero-order valence-electron chi connectivity index (χ0n) is 20.4. The summed E-state index contributed by atoms with van der Waals surface area (Å²) in [5.74, 6) is -1.66. The number of carbonyl (C=O) groups is 3. The quantitative estimate of drug-likeness (QED) is 0.377. The van der Waals surface area contributed by atoms with E-state index in [-0.39, 0.29) is 17.7 Å². The molecule has 0 bridgehead atoms. The first-order chi connectivity index (χ1) is 17.9. The maximum Gasteiger partial charge on any atom is 0.296 e. The highest BCUT2D eigenvalue weighted by atomic mass is 16.6. The van der Waals surface area contributed by atoms with Crippen LogP contribution in [0.4, 0.5) is 5.69 Å². The van der Waals surface area contributed by atoms with E-state index in [2.05, 4.69) is 4.90 Å². The van der Waals surface area contributed by atoms with Gasteiger partial charge in [-0.2, -0.15) is 0 Å². The van der Waals surface area contributed by atoms with Crippen LogP contribution < -0.4 is 14.4 Å². The number of ether oxygens (including phenoxy) is 3. The summed E-state index contributed by atoms with van der Waals surface area (Å²) in [6, 6.07) is 11.9. The van der Waals surface area contributed by atoms with Crippen molar-refractivity contribution in [2.45, 2.75) is 5.54 Å². The zero-order valence-corrected chi connectivity index (χ0v) is 20.4. The number of benzene rings is 2. The summed E-state index contributed by atoms with van der Waals surface area (Å²) >= 11 is 0. The van der Waals surface area contributed by atoms with Crippen molar-refractivity contribution in [2.75, 3.05) is 64.6 Å². The first kappa shape index (κ1) is 23.5. The van der Waals surface area contributed by atoms with E-state index < -0.39 is 28.9 Å². The Bertz CT molecular complexity index is 1330. The van der Waals surface area contributed by atoms with Crippen LogP contribution in [0.25, 0.3) is 5.76 Å². The molecule has 1 N–H and O–H groups in total. The smallest absolute Gasteiger partial charge is 0.296 e. The lowest BCUT2D eigenvalue weighted by molar-refractivity contribution is -0.144.